The Morgan fingerprint density at radius 1 is 1.18 bits per heavy atom. The lowest BCUT2D eigenvalue weighted by Crippen LogP contribution is -2.03. The van der Waals surface area contributed by atoms with Crippen molar-refractivity contribution in [1.82, 2.24) is 0 Å². The number of methoxy groups -OCH3 is 2. The Morgan fingerprint density at radius 3 is 2.53 bits per heavy atom. The standard InChI is InChI=1S/C13H19FO3/c1-4-10-8-11(17-7-5-6-15-2)9-12(16-3)13(10)14/h8-9H,4-7H2,1-3H3. The molecule has 1 aromatic carbocycles. The highest BCUT2D eigenvalue weighted by molar-refractivity contribution is 5.40. The Kier molecular flexibility index (Phi) is 5.77. The average molecular weight is 242 g/mol. The van der Waals surface area contributed by atoms with Gasteiger partial charge in [-0.05, 0) is 18.1 Å². The predicted molar refractivity (Wildman–Crippen MR) is 64.3 cm³/mol. The second-order valence-electron chi connectivity index (χ2n) is 3.65. The van der Waals surface area contributed by atoms with Crippen molar-refractivity contribution >= 4 is 0 Å². The molecule has 1 rings (SSSR count). The summed E-state index contributed by atoms with van der Waals surface area (Å²) in [6.45, 7) is 3.09. The topological polar surface area (TPSA) is 27.7 Å². The van der Waals surface area contributed by atoms with Crippen LogP contribution < -0.4 is 9.47 Å². The number of halogens is 1. The smallest absolute Gasteiger partial charge is 0.168 e. The summed E-state index contributed by atoms with van der Waals surface area (Å²) in [4.78, 5) is 0. The normalized spacial score (nSPS) is 10.4. The van der Waals surface area contributed by atoms with Gasteiger partial charge in [-0.2, -0.15) is 0 Å². The van der Waals surface area contributed by atoms with Crippen LogP contribution in [-0.4, -0.2) is 27.4 Å². The minimum absolute atomic E-state index is 0.228. The van der Waals surface area contributed by atoms with Gasteiger partial charge in [-0.25, -0.2) is 4.39 Å². The molecule has 0 bridgehead atoms. The Morgan fingerprint density at radius 2 is 1.94 bits per heavy atom. The summed E-state index contributed by atoms with van der Waals surface area (Å²) in [5.41, 5.74) is 0.603. The molecule has 4 heteroatoms. The molecule has 17 heavy (non-hydrogen) atoms. The lowest BCUT2D eigenvalue weighted by molar-refractivity contribution is 0.172. The van der Waals surface area contributed by atoms with Gasteiger partial charge in [0, 0.05) is 26.2 Å². The van der Waals surface area contributed by atoms with Gasteiger partial charge >= 0.3 is 0 Å². The number of rotatable bonds is 7. The molecule has 0 aliphatic rings. The summed E-state index contributed by atoms with van der Waals surface area (Å²) >= 11 is 0. The Bertz CT molecular complexity index is 328. The summed E-state index contributed by atoms with van der Waals surface area (Å²) in [7, 11) is 3.10. The van der Waals surface area contributed by atoms with E-state index in [1.165, 1.54) is 7.11 Å². The largest absolute Gasteiger partial charge is 0.494 e. The molecule has 0 unspecified atom stereocenters. The molecule has 96 valence electrons. The molecule has 0 aliphatic carbocycles. The van der Waals surface area contributed by atoms with Crippen LogP contribution in [-0.2, 0) is 11.2 Å². The summed E-state index contributed by atoms with van der Waals surface area (Å²) in [5.74, 6) is 0.557. The molecular weight excluding hydrogens is 223 g/mol. The minimum atomic E-state index is -0.306. The lowest BCUT2D eigenvalue weighted by Gasteiger charge is -2.11. The van der Waals surface area contributed by atoms with E-state index in [1.54, 1.807) is 19.2 Å². The van der Waals surface area contributed by atoms with Crippen LogP contribution in [0.15, 0.2) is 12.1 Å². The van der Waals surface area contributed by atoms with Gasteiger partial charge in [0.05, 0.1) is 13.7 Å². The van der Waals surface area contributed by atoms with Crippen molar-refractivity contribution in [3.05, 3.63) is 23.5 Å². The van der Waals surface area contributed by atoms with Crippen LogP contribution in [0.25, 0.3) is 0 Å². The third-order valence-corrected chi connectivity index (χ3v) is 2.45. The number of ether oxygens (including phenoxy) is 3. The van der Waals surface area contributed by atoms with Crippen LogP contribution in [0.2, 0.25) is 0 Å². The fraction of sp³-hybridized carbons (Fsp3) is 0.538. The zero-order valence-electron chi connectivity index (χ0n) is 10.6. The highest BCUT2D eigenvalue weighted by Gasteiger charge is 2.10. The molecule has 0 radical (unpaired) electrons. The molecule has 0 aliphatic heterocycles. The van der Waals surface area contributed by atoms with E-state index >= 15 is 0 Å². The maximum absolute atomic E-state index is 13.7. The van der Waals surface area contributed by atoms with Crippen molar-refractivity contribution in [3.8, 4) is 11.5 Å². The monoisotopic (exact) mass is 242 g/mol. The van der Waals surface area contributed by atoms with Gasteiger partial charge < -0.3 is 14.2 Å². The predicted octanol–water partition coefficient (Wildman–Crippen LogP) is 2.81. The third kappa shape index (κ3) is 3.89. The molecule has 0 N–H and O–H groups in total. The fourth-order valence-corrected chi connectivity index (χ4v) is 1.51. The van der Waals surface area contributed by atoms with Gasteiger partial charge in [0.1, 0.15) is 5.75 Å². The SMILES string of the molecule is CCc1cc(OCCCOC)cc(OC)c1F. The van der Waals surface area contributed by atoms with Crippen molar-refractivity contribution in [3.63, 3.8) is 0 Å². The second kappa shape index (κ2) is 7.12. The van der Waals surface area contributed by atoms with Gasteiger partial charge in [0.2, 0.25) is 0 Å². The van der Waals surface area contributed by atoms with E-state index in [0.717, 1.165) is 6.42 Å². The summed E-state index contributed by atoms with van der Waals surface area (Å²) in [6, 6.07) is 3.28. The number of benzene rings is 1. The Hall–Kier alpha value is -1.29. The Balaban J connectivity index is 2.71. The molecule has 0 aromatic heterocycles. The summed E-state index contributed by atoms with van der Waals surface area (Å²) in [5, 5.41) is 0. The first kappa shape index (κ1) is 13.8. The molecule has 0 saturated carbocycles. The summed E-state index contributed by atoms with van der Waals surface area (Å²) < 4.78 is 29.1. The maximum Gasteiger partial charge on any atom is 0.168 e. The highest BCUT2D eigenvalue weighted by Crippen LogP contribution is 2.27. The molecule has 0 saturated heterocycles. The van der Waals surface area contributed by atoms with Crippen molar-refractivity contribution in [2.24, 2.45) is 0 Å². The zero-order valence-corrected chi connectivity index (χ0v) is 10.6. The quantitative estimate of drug-likeness (QED) is 0.688. The van der Waals surface area contributed by atoms with Gasteiger partial charge in [-0.15, -0.1) is 0 Å². The van der Waals surface area contributed by atoms with Crippen molar-refractivity contribution in [1.29, 1.82) is 0 Å². The van der Waals surface area contributed by atoms with E-state index in [9.17, 15) is 4.39 Å². The molecule has 0 heterocycles. The van der Waals surface area contributed by atoms with Crippen LogP contribution in [0.3, 0.4) is 0 Å². The van der Waals surface area contributed by atoms with Gasteiger partial charge in [-0.1, -0.05) is 6.92 Å². The first-order valence-electron chi connectivity index (χ1n) is 5.71. The van der Waals surface area contributed by atoms with Crippen LogP contribution >= 0.6 is 0 Å². The van der Waals surface area contributed by atoms with Crippen molar-refractivity contribution < 1.29 is 18.6 Å². The average Bonchev–Trinajstić information content (AvgIpc) is 2.36. The number of hydrogen-bond acceptors (Lipinski definition) is 3. The third-order valence-electron chi connectivity index (χ3n) is 2.45. The van der Waals surface area contributed by atoms with E-state index < -0.39 is 0 Å². The van der Waals surface area contributed by atoms with Gasteiger partial charge in [0.25, 0.3) is 0 Å². The molecule has 0 atom stereocenters. The van der Waals surface area contributed by atoms with Crippen LogP contribution in [0.4, 0.5) is 4.39 Å². The minimum Gasteiger partial charge on any atom is -0.494 e. The van der Waals surface area contributed by atoms with E-state index in [2.05, 4.69) is 0 Å². The Labute approximate surface area is 101 Å². The molecular formula is C13H19FO3. The highest BCUT2D eigenvalue weighted by atomic mass is 19.1. The van der Waals surface area contributed by atoms with E-state index in [1.807, 2.05) is 6.92 Å². The molecule has 3 nitrogen and oxygen atoms in total. The van der Waals surface area contributed by atoms with E-state index in [0.29, 0.717) is 30.9 Å². The number of aryl methyl sites for hydroxylation is 1. The molecule has 0 amide bonds. The van der Waals surface area contributed by atoms with E-state index in [-0.39, 0.29) is 11.6 Å². The maximum atomic E-state index is 13.7. The van der Waals surface area contributed by atoms with Crippen LogP contribution in [0.5, 0.6) is 11.5 Å². The first-order chi connectivity index (χ1) is 8.22. The second-order valence-corrected chi connectivity index (χ2v) is 3.65. The fourth-order valence-electron chi connectivity index (χ4n) is 1.51. The van der Waals surface area contributed by atoms with Crippen LogP contribution in [0.1, 0.15) is 18.9 Å². The molecule has 0 fully saturated rings. The first-order valence-corrected chi connectivity index (χ1v) is 5.71. The zero-order chi connectivity index (χ0) is 12.7. The lowest BCUT2D eigenvalue weighted by atomic mass is 10.1. The van der Waals surface area contributed by atoms with Gasteiger partial charge in [-0.3, -0.25) is 0 Å². The molecule has 0 spiro atoms. The van der Waals surface area contributed by atoms with E-state index in [4.69, 9.17) is 14.2 Å². The number of hydrogen-bond donors (Lipinski definition) is 0. The van der Waals surface area contributed by atoms with Crippen LogP contribution in [0, 0.1) is 5.82 Å². The van der Waals surface area contributed by atoms with Crippen molar-refractivity contribution in [2.45, 2.75) is 19.8 Å². The van der Waals surface area contributed by atoms with Crippen molar-refractivity contribution in [2.75, 3.05) is 27.4 Å². The van der Waals surface area contributed by atoms with Gasteiger partial charge in [0.15, 0.2) is 11.6 Å². The molecule has 1 aromatic rings. The summed E-state index contributed by atoms with van der Waals surface area (Å²) in [6.07, 6.45) is 1.41.